The molecule has 2 heterocycles. The smallest absolute Gasteiger partial charge is 0.172 e. The molecular weight excluding hydrogens is 222 g/mol. The first-order valence-corrected chi connectivity index (χ1v) is 6.24. The largest absolute Gasteiger partial charge is 0.378 e. The lowest BCUT2D eigenvalue weighted by atomic mass is 9.81. The lowest BCUT2D eigenvalue weighted by Crippen LogP contribution is -2.50. The molecule has 0 amide bonds. The van der Waals surface area contributed by atoms with E-state index in [1.165, 1.54) is 0 Å². The molecule has 2 saturated heterocycles. The maximum Gasteiger partial charge on any atom is 0.172 e. The molecule has 0 aromatic heterocycles. The van der Waals surface area contributed by atoms with Crippen LogP contribution in [-0.2, 0) is 18.9 Å². The second-order valence-electron chi connectivity index (χ2n) is 5.00. The van der Waals surface area contributed by atoms with E-state index < -0.39 is 0 Å². The molecule has 0 aromatic carbocycles. The van der Waals surface area contributed by atoms with Crippen LogP contribution in [0.2, 0.25) is 0 Å². The SMILES string of the molecule is COC(OC)C(N)C1CCOC2(CCOC2)C1. The molecule has 100 valence electrons. The van der Waals surface area contributed by atoms with Gasteiger partial charge in [0, 0.05) is 33.9 Å². The molecule has 0 aromatic rings. The predicted molar refractivity (Wildman–Crippen MR) is 62.6 cm³/mol. The maximum absolute atomic E-state index is 6.22. The molecule has 2 aliphatic heterocycles. The second kappa shape index (κ2) is 5.63. The van der Waals surface area contributed by atoms with Gasteiger partial charge in [-0.25, -0.2) is 0 Å². The zero-order chi connectivity index (χ0) is 12.3. The van der Waals surface area contributed by atoms with Gasteiger partial charge in [-0.2, -0.15) is 0 Å². The van der Waals surface area contributed by atoms with Crippen molar-refractivity contribution in [2.24, 2.45) is 11.7 Å². The topological polar surface area (TPSA) is 62.9 Å². The lowest BCUT2D eigenvalue weighted by Gasteiger charge is -2.40. The highest BCUT2D eigenvalue weighted by atomic mass is 16.7. The summed E-state index contributed by atoms with van der Waals surface area (Å²) in [6.07, 6.45) is 2.54. The summed E-state index contributed by atoms with van der Waals surface area (Å²) in [5.74, 6) is 0.371. The Hall–Kier alpha value is -0.200. The predicted octanol–water partition coefficient (Wildman–Crippen LogP) is 0.518. The van der Waals surface area contributed by atoms with E-state index in [1.807, 2.05) is 0 Å². The molecule has 2 N–H and O–H groups in total. The summed E-state index contributed by atoms with van der Waals surface area (Å²) in [6.45, 7) is 2.24. The molecule has 0 aliphatic carbocycles. The standard InChI is InChI=1S/C12H23NO4/c1-14-11(15-2)10(13)9-3-5-17-12(7-9)4-6-16-8-12/h9-11H,3-8,13H2,1-2H3. The summed E-state index contributed by atoms with van der Waals surface area (Å²) in [7, 11) is 3.25. The molecule has 2 aliphatic rings. The molecule has 0 saturated carbocycles. The minimum atomic E-state index is -0.336. The van der Waals surface area contributed by atoms with Gasteiger partial charge in [-0.15, -0.1) is 0 Å². The van der Waals surface area contributed by atoms with Crippen LogP contribution in [0.5, 0.6) is 0 Å². The molecule has 2 rings (SSSR count). The summed E-state index contributed by atoms with van der Waals surface area (Å²) in [6, 6.07) is -0.105. The van der Waals surface area contributed by atoms with Crippen LogP contribution in [0, 0.1) is 5.92 Å². The molecule has 1 spiro atoms. The Kier molecular flexibility index (Phi) is 4.38. The molecule has 2 fully saturated rings. The van der Waals surface area contributed by atoms with Crippen LogP contribution in [-0.4, -0.2) is 52.0 Å². The van der Waals surface area contributed by atoms with Crippen LogP contribution in [0.4, 0.5) is 0 Å². The lowest BCUT2D eigenvalue weighted by molar-refractivity contribution is -0.151. The van der Waals surface area contributed by atoms with Crippen molar-refractivity contribution in [3.05, 3.63) is 0 Å². The van der Waals surface area contributed by atoms with E-state index in [2.05, 4.69) is 0 Å². The van der Waals surface area contributed by atoms with Gasteiger partial charge in [0.25, 0.3) is 0 Å². The monoisotopic (exact) mass is 245 g/mol. The fraction of sp³-hybridized carbons (Fsp3) is 1.00. The van der Waals surface area contributed by atoms with E-state index in [1.54, 1.807) is 14.2 Å². The number of methoxy groups -OCH3 is 2. The van der Waals surface area contributed by atoms with Crippen LogP contribution in [0.3, 0.4) is 0 Å². The Labute approximate surface area is 103 Å². The van der Waals surface area contributed by atoms with Crippen LogP contribution in [0.25, 0.3) is 0 Å². The van der Waals surface area contributed by atoms with E-state index in [9.17, 15) is 0 Å². The third-order valence-electron chi connectivity index (χ3n) is 3.92. The van der Waals surface area contributed by atoms with Crippen molar-refractivity contribution in [1.82, 2.24) is 0 Å². The van der Waals surface area contributed by atoms with Crippen molar-refractivity contribution in [3.8, 4) is 0 Å². The van der Waals surface area contributed by atoms with Gasteiger partial charge in [-0.3, -0.25) is 0 Å². The van der Waals surface area contributed by atoms with Gasteiger partial charge in [-0.05, 0) is 18.8 Å². The number of hydrogen-bond acceptors (Lipinski definition) is 5. The van der Waals surface area contributed by atoms with Crippen molar-refractivity contribution < 1.29 is 18.9 Å². The Bertz CT molecular complexity index is 239. The van der Waals surface area contributed by atoms with Crippen molar-refractivity contribution in [2.75, 3.05) is 34.0 Å². The Morgan fingerprint density at radius 3 is 2.65 bits per heavy atom. The summed E-state index contributed by atoms with van der Waals surface area (Å²) >= 11 is 0. The van der Waals surface area contributed by atoms with Gasteiger partial charge >= 0.3 is 0 Å². The van der Waals surface area contributed by atoms with Crippen molar-refractivity contribution in [1.29, 1.82) is 0 Å². The third-order valence-corrected chi connectivity index (χ3v) is 3.92. The van der Waals surface area contributed by atoms with E-state index in [0.29, 0.717) is 12.5 Å². The fourth-order valence-electron chi connectivity index (χ4n) is 2.89. The molecule has 0 bridgehead atoms. The van der Waals surface area contributed by atoms with Gasteiger partial charge in [0.2, 0.25) is 0 Å². The summed E-state index contributed by atoms with van der Waals surface area (Å²) in [5, 5.41) is 0. The van der Waals surface area contributed by atoms with E-state index in [0.717, 1.165) is 32.5 Å². The molecule has 0 radical (unpaired) electrons. The summed E-state index contributed by atoms with van der Waals surface area (Å²) in [4.78, 5) is 0. The minimum Gasteiger partial charge on any atom is -0.378 e. The van der Waals surface area contributed by atoms with Crippen LogP contribution in [0.1, 0.15) is 19.3 Å². The van der Waals surface area contributed by atoms with Gasteiger partial charge in [0.05, 0.1) is 18.2 Å². The normalized spacial score (nSPS) is 35.6. The first-order chi connectivity index (χ1) is 8.21. The van der Waals surface area contributed by atoms with Crippen molar-refractivity contribution >= 4 is 0 Å². The van der Waals surface area contributed by atoms with Gasteiger partial charge in [0.15, 0.2) is 6.29 Å². The van der Waals surface area contributed by atoms with E-state index in [-0.39, 0.29) is 17.9 Å². The zero-order valence-corrected chi connectivity index (χ0v) is 10.7. The van der Waals surface area contributed by atoms with Gasteiger partial charge in [-0.1, -0.05) is 0 Å². The highest BCUT2D eigenvalue weighted by Gasteiger charge is 2.43. The number of ether oxygens (including phenoxy) is 4. The van der Waals surface area contributed by atoms with Crippen LogP contribution in [0.15, 0.2) is 0 Å². The van der Waals surface area contributed by atoms with E-state index >= 15 is 0 Å². The first-order valence-electron chi connectivity index (χ1n) is 6.24. The van der Waals surface area contributed by atoms with Gasteiger partial charge in [0.1, 0.15) is 0 Å². The van der Waals surface area contributed by atoms with Crippen molar-refractivity contribution in [2.45, 2.75) is 37.2 Å². The Morgan fingerprint density at radius 2 is 2.06 bits per heavy atom. The number of hydrogen-bond donors (Lipinski definition) is 1. The first kappa shape index (κ1) is 13.2. The van der Waals surface area contributed by atoms with Gasteiger partial charge < -0.3 is 24.7 Å². The average molecular weight is 245 g/mol. The van der Waals surface area contributed by atoms with Crippen molar-refractivity contribution in [3.63, 3.8) is 0 Å². The molecular formula is C12H23NO4. The highest BCUT2D eigenvalue weighted by Crippen LogP contribution is 2.37. The molecule has 17 heavy (non-hydrogen) atoms. The third kappa shape index (κ3) is 2.80. The highest BCUT2D eigenvalue weighted by molar-refractivity contribution is 4.93. The summed E-state index contributed by atoms with van der Waals surface area (Å²) in [5.41, 5.74) is 6.11. The molecule has 5 heteroatoms. The zero-order valence-electron chi connectivity index (χ0n) is 10.7. The second-order valence-corrected chi connectivity index (χ2v) is 5.00. The molecule has 3 unspecified atom stereocenters. The maximum atomic E-state index is 6.22. The Balaban J connectivity index is 1.96. The summed E-state index contributed by atoms with van der Waals surface area (Å²) < 4.78 is 21.8. The molecule has 5 nitrogen and oxygen atoms in total. The number of rotatable bonds is 4. The average Bonchev–Trinajstić information content (AvgIpc) is 2.78. The Morgan fingerprint density at radius 1 is 1.29 bits per heavy atom. The number of nitrogens with two attached hydrogens (primary N) is 1. The van der Waals surface area contributed by atoms with Crippen LogP contribution < -0.4 is 5.73 Å². The minimum absolute atomic E-state index is 0.105. The fourth-order valence-corrected chi connectivity index (χ4v) is 2.89. The molecule has 3 atom stereocenters. The quantitative estimate of drug-likeness (QED) is 0.732. The van der Waals surface area contributed by atoms with Crippen LogP contribution >= 0.6 is 0 Å². The van der Waals surface area contributed by atoms with E-state index in [4.69, 9.17) is 24.7 Å².